The third-order valence-corrected chi connectivity index (χ3v) is 1.20. The first kappa shape index (κ1) is 6.51. The van der Waals surface area contributed by atoms with Crippen molar-refractivity contribution < 1.29 is 14.6 Å². The monoisotopic (exact) mass is 131 g/mol. The topological polar surface area (TPSA) is 58.6 Å². The van der Waals surface area contributed by atoms with Crippen LogP contribution in [-0.4, -0.2) is 36.9 Å². The minimum atomic E-state index is -0.887. The molecule has 0 aliphatic carbocycles. The lowest BCUT2D eigenvalue weighted by Gasteiger charge is -2.19. The molecule has 1 aliphatic rings. The Labute approximate surface area is 52.8 Å². The lowest BCUT2D eigenvalue weighted by Crippen LogP contribution is -2.42. The van der Waals surface area contributed by atoms with Crippen LogP contribution in [0.3, 0.4) is 0 Å². The van der Waals surface area contributed by atoms with Crippen molar-refractivity contribution in [2.45, 2.75) is 6.10 Å². The largest absolute Gasteiger partial charge is 0.479 e. The van der Waals surface area contributed by atoms with Crippen molar-refractivity contribution in [2.24, 2.45) is 0 Å². The summed E-state index contributed by atoms with van der Waals surface area (Å²) in [6, 6.07) is 0. The van der Waals surface area contributed by atoms with Crippen molar-refractivity contribution in [1.29, 1.82) is 0 Å². The smallest absolute Gasteiger partial charge is 0.334 e. The number of carboxylic acids is 1. The summed E-state index contributed by atoms with van der Waals surface area (Å²) < 4.78 is 4.88. The zero-order valence-corrected chi connectivity index (χ0v) is 4.96. The molecule has 1 heterocycles. The predicted molar refractivity (Wildman–Crippen MR) is 30.2 cm³/mol. The molecular formula is C5H9NO3. The average molecular weight is 131 g/mol. The molecule has 1 aliphatic heterocycles. The average Bonchev–Trinajstić information content (AvgIpc) is 1.90. The normalized spacial score (nSPS) is 27.8. The van der Waals surface area contributed by atoms with Crippen LogP contribution in [0.1, 0.15) is 0 Å². The molecule has 1 saturated heterocycles. The number of hydrogen-bond acceptors (Lipinski definition) is 3. The van der Waals surface area contributed by atoms with Crippen LogP contribution in [0, 0.1) is 0 Å². The molecule has 0 unspecified atom stereocenters. The number of hydrogen-bond donors (Lipinski definition) is 2. The number of morpholine rings is 1. The molecule has 2 N–H and O–H groups in total. The first-order valence-electron chi connectivity index (χ1n) is 2.86. The van der Waals surface area contributed by atoms with Gasteiger partial charge < -0.3 is 15.2 Å². The van der Waals surface area contributed by atoms with E-state index in [1.54, 1.807) is 0 Å². The standard InChI is InChI=1S/C5H9NO3/c7-5(8)4-3-6-1-2-9-4/h4,6H,1-3H2,(H,7,8)/t4-/m0/s1. The maximum absolute atomic E-state index is 10.2. The molecule has 4 nitrogen and oxygen atoms in total. The molecule has 1 fully saturated rings. The lowest BCUT2D eigenvalue weighted by molar-refractivity contribution is -0.151. The minimum absolute atomic E-state index is 0.426. The molecule has 0 radical (unpaired) electrons. The Hall–Kier alpha value is -0.610. The Balaban J connectivity index is 2.31. The number of nitrogens with one attached hydrogen (secondary N) is 1. The number of rotatable bonds is 1. The Kier molecular flexibility index (Phi) is 2.02. The third kappa shape index (κ3) is 1.65. The maximum atomic E-state index is 10.2. The Morgan fingerprint density at radius 2 is 2.56 bits per heavy atom. The minimum Gasteiger partial charge on any atom is -0.479 e. The van der Waals surface area contributed by atoms with E-state index < -0.39 is 12.1 Å². The summed E-state index contributed by atoms with van der Waals surface area (Å²) in [4.78, 5) is 10.2. The van der Waals surface area contributed by atoms with Gasteiger partial charge in [-0.25, -0.2) is 4.79 Å². The second-order valence-corrected chi connectivity index (χ2v) is 1.90. The Morgan fingerprint density at radius 1 is 1.78 bits per heavy atom. The molecule has 0 aromatic heterocycles. The summed E-state index contributed by atoms with van der Waals surface area (Å²) in [6.07, 6.45) is -0.640. The molecule has 0 aromatic carbocycles. The SMILES string of the molecule is O=C(O)[C@@H]1CNCCO1. The van der Waals surface area contributed by atoms with E-state index in [0.717, 1.165) is 6.54 Å². The Morgan fingerprint density at radius 3 is 2.89 bits per heavy atom. The Bertz CT molecular complexity index is 109. The molecule has 52 valence electrons. The van der Waals surface area contributed by atoms with Crippen LogP contribution in [0.25, 0.3) is 0 Å². The van der Waals surface area contributed by atoms with Gasteiger partial charge in [0.25, 0.3) is 0 Å². The van der Waals surface area contributed by atoms with E-state index >= 15 is 0 Å². The van der Waals surface area contributed by atoms with Gasteiger partial charge in [0.05, 0.1) is 6.61 Å². The van der Waals surface area contributed by atoms with E-state index in [1.807, 2.05) is 0 Å². The van der Waals surface area contributed by atoms with Gasteiger partial charge in [-0.05, 0) is 0 Å². The van der Waals surface area contributed by atoms with Gasteiger partial charge in [-0.1, -0.05) is 0 Å². The van der Waals surface area contributed by atoms with Crippen molar-refractivity contribution >= 4 is 5.97 Å². The predicted octanol–water partition coefficient (Wildman–Crippen LogP) is -0.941. The number of carbonyl (C=O) groups is 1. The van der Waals surface area contributed by atoms with Crippen molar-refractivity contribution in [1.82, 2.24) is 5.32 Å². The molecule has 0 bridgehead atoms. The molecule has 0 amide bonds. The van der Waals surface area contributed by atoms with Gasteiger partial charge in [0, 0.05) is 13.1 Å². The highest BCUT2D eigenvalue weighted by atomic mass is 16.5. The highest BCUT2D eigenvalue weighted by Gasteiger charge is 2.19. The quantitative estimate of drug-likeness (QED) is 0.482. The fourth-order valence-electron chi connectivity index (χ4n) is 0.724. The zero-order valence-electron chi connectivity index (χ0n) is 4.96. The first-order valence-corrected chi connectivity index (χ1v) is 2.86. The van der Waals surface area contributed by atoms with Crippen LogP contribution in [-0.2, 0) is 9.53 Å². The van der Waals surface area contributed by atoms with Gasteiger partial charge in [-0.15, -0.1) is 0 Å². The second-order valence-electron chi connectivity index (χ2n) is 1.90. The molecular weight excluding hydrogens is 122 g/mol. The highest BCUT2D eigenvalue weighted by molar-refractivity contribution is 5.72. The number of aliphatic carboxylic acids is 1. The van der Waals surface area contributed by atoms with E-state index in [2.05, 4.69) is 5.32 Å². The fourth-order valence-corrected chi connectivity index (χ4v) is 0.724. The van der Waals surface area contributed by atoms with Crippen LogP contribution in [0.15, 0.2) is 0 Å². The zero-order chi connectivity index (χ0) is 6.69. The summed E-state index contributed by atoms with van der Waals surface area (Å²) in [5, 5.41) is 11.3. The van der Waals surface area contributed by atoms with Crippen molar-refractivity contribution in [3.05, 3.63) is 0 Å². The number of carboxylic acid groups (broad SMARTS) is 1. The van der Waals surface area contributed by atoms with Gasteiger partial charge in [-0.2, -0.15) is 0 Å². The summed E-state index contributed by atoms with van der Waals surface area (Å²) in [5.41, 5.74) is 0. The van der Waals surface area contributed by atoms with Gasteiger partial charge >= 0.3 is 5.97 Å². The summed E-state index contributed by atoms with van der Waals surface area (Å²) in [7, 11) is 0. The second kappa shape index (κ2) is 2.80. The maximum Gasteiger partial charge on any atom is 0.334 e. The van der Waals surface area contributed by atoms with E-state index in [-0.39, 0.29) is 0 Å². The van der Waals surface area contributed by atoms with Gasteiger partial charge in [0.1, 0.15) is 0 Å². The van der Waals surface area contributed by atoms with Crippen molar-refractivity contribution in [3.63, 3.8) is 0 Å². The lowest BCUT2D eigenvalue weighted by atomic mass is 10.3. The highest BCUT2D eigenvalue weighted by Crippen LogP contribution is 1.94. The van der Waals surface area contributed by atoms with Gasteiger partial charge in [-0.3, -0.25) is 0 Å². The van der Waals surface area contributed by atoms with Crippen LogP contribution in [0.5, 0.6) is 0 Å². The van der Waals surface area contributed by atoms with Crippen molar-refractivity contribution in [2.75, 3.05) is 19.7 Å². The molecule has 1 rings (SSSR count). The van der Waals surface area contributed by atoms with E-state index in [1.165, 1.54) is 0 Å². The summed E-state index contributed by atoms with van der Waals surface area (Å²) in [5.74, 6) is -0.887. The van der Waals surface area contributed by atoms with Gasteiger partial charge in [0.15, 0.2) is 6.10 Å². The van der Waals surface area contributed by atoms with Crippen LogP contribution < -0.4 is 5.32 Å². The van der Waals surface area contributed by atoms with E-state index in [9.17, 15) is 4.79 Å². The fraction of sp³-hybridized carbons (Fsp3) is 0.800. The first-order chi connectivity index (χ1) is 4.30. The van der Waals surface area contributed by atoms with Crippen LogP contribution in [0.4, 0.5) is 0 Å². The van der Waals surface area contributed by atoms with Crippen LogP contribution >= 0.6 is 0 Å². The molecule has 0 saturated carbocycles. The molecule has 0 spiro atoms. The third-order valence-electron chi connectivity index (χ3n) is 1.20. The molecule has 1 atom stereocenters. The van der Waals surface area contributed by atoms with E-state index in [0.29, 0.717) is 13.2 Å². The number of ether oxygens (including phenoxy) is 1. The van der Waals surface area contributed by atoms with Crippen LogP contribution in [0.2, 0.25) is 0 Å². The van der Waals surface area contributed by atoms with E-state index in [4.69, 9.17) is 9.84 Å². The van der Waals surface area contributed by atoms with Crippen molar-refractivity contribution in [3.8, 4) is 0 Å². The summed E-state index contributed by atoms with van der Waals surface area (Å²) >= 11 is 0. The molecule has 4 heteroatoms. The molecule has 0 aromatic rings. The van der Waals surface area contributed by atoms with Gasteiger partial charge in [0.2, 0.25) is 0 Å². The summed E-state index contributed by atoms with van der Waals surface area (Å²) in [6.45, 7) is 1.68. The molecule has 9 heavy (non-hydrogen) atoms.